The van der Waals surface area contributed by atoms with E-state index in [0.717, 1.165) is 33.1 Å². The van der Waals surface area contributed by atoms with Crippen LogP contribution in [0.25, 0.3) is 38.8 Å². The second-order valence-corrected chi connectivity index (χ2v) is 13.6. The van der Waals surface area contributed by atoms with E-state index in [1.165, 1.54) is 66.3 Å². The summed E-state index contributed by atoms with van der Waals surface area (Å²) in [6.45, 7) is 11.2. The lowest BCUT2D eigenvalue weighted by Gasteiger charge is -2.36. The van der Waals surface area contributed by atoms with Gasteiger partial charge < -0.3 is 0 Å². The van der Waals surface area contributed by atoms with Gasteiger partial charge >= 0.3 is 5.69 Å². The maximum absolute atomic E-state index is 15.1. The first-order valence-electron chi connectivity index (χ1n) is 16.2. The van der Waals surface area contributed by atoms with Gasteiger partial charge in [0.1, 0.15) is 11.3 Å². The molecule has 218 valence electrons. The summed E-state index contributed by atoms with van der Waals surface area (Å²) in [5.41, 5.74) is 19.2. The van der Waals surface area contributed by atoms with Gasteiger partial charge in [0.05, 0.1) is 11.0 Å². The van der Waals surface area contributed by atoms with Crippen molar-refractivity contribution >= 4 is 79.3 Å². The second kappa shape index (κ2) is 8.73. The van der Waals surface area contributed by atoms with Crippen molar-refractivity contribution in [1.29, 1.82) is 0 Å². The van der Waals surface area contributed by atoms with E-state index in [1.807, 2.05) is 8.80 Å². The first-order valence-corrected chi connectivity index (χ1v) is 16.2. The van der Waals surface area contributed by atoms with E-state index in [-0.39, 0.29) is 19.1 Å². The summed E-state index contributed by atoms with van der Waals surface area (Å²) in [5, 5.41) is 2.28. The molecule has 0 aliphatic carbocycles. The Labute approximate surface area is 267 Å². The van der Waals surface area contributed by atoms with Gasteiger partial charge in [-0.25, -0.2) is 13.6 Å². The molecule has 0 amide bonds. The average molecular weight is 591 g/mol. The predicted molar refractivity (Wildman–Crippen MR) is 195 cm³/mol. The summed E-state index contributed by atoms with van der Waals surface area (Å²) < 4.78 is 6.46. The summed E-state index contributed by atoms with van der Waals surface area (Å²) in [6.07, 6.45) is 0. The van der Waals surface area contributed by atoms with Gasteiger partial charge in [-0.3, -0.25) is 4.57 Å². The fraction of sp³-hybridized carbons (Fsp3) is 0.125. The Bertz CT molecular complexity index is 2530. The highest BCUT2D eigenvalue weighted by Crippen LogP contribution is 2.31. The van der Waals surface area contributed by atoms with Crippen LogP contribution in [0.4, 0.5) is 0 Å². The topological polar surface area (TPSA) is 30.8 Å². The monoisotopic (exact) mass is 591 g/mol. The van der Waals surface area contributed by atoms with E-state index in [2.05, 4.69) is 136 Å². The number of hydrogen-bond donors (Lipinski definition) is 0. The molecule has 4 nitrogen and oxygen atoms in total. The molecule has 0 radical (unpaired) electrons. The van der Waals surface area contributed by atoms with Crippen molar-refractivity contribution in [2.45, 2.75) is 34.6 Å². The molecule has 0 bridgehead atoms. The highest BCUT2D eigenvalue weighted by Gasteiger charge is 2.45. The van der Waals surface area contributed by atoms with Crippen LogP contribution in [0.3, 0.4) is 0 Å². The van der Waals surface area contributed by atoms with Gasteiger partial charge in [-0.1, -0.05) is 124 Å². The third-order valence-corrected chi connectivity index (χ3v) is 11.0. The zero-order valence-electron chi connectivity index (χ0n) is 26.6. The minimum Gasteiger partial charge on any atom is -0.283 e. The summed E-state index contributed by atoms with van der Waals surface area (Å²) >= 11 is 0. The van der Waals surface area contributed by atoms with Crippen LogP contribution in [0.1, 0.15) is 27.8 Å². The molecule has 0 atom stereocenters. The molecule has 5 heterocycles. The Kier molecular flexibility index (Phi) is 4.94. The van der Waals surface area contributed by atoms with Crippen molar-refractivity contribution in [3.05, 3.63) is 135 Å². The molecule has 0 spiro atoms. The van der Waals surface area contributed by atoms with E-state index < -0.39 is 0 Å². The Morgan fingerprint density at radius 2 is 0.913 bits per heavy atom. The van der Waals surface area contributed by atoms with Crippen LogP contribution >= 0.6 is 0 Å². The Balaban J connectivity index is 1.56. The molecule has 0 fully saturated rings. The standard InChI is InChI=1S/C40H31B2N3O/c1-22-20-29-37-30(21-22)42(34-25(4)14-11-15-26(34)5)36-28-17-7-9-19-32(28)44-39(36)45(37)38-35(41(29)33-23(2)12-10-13-24(33)3)27-16-6-8-18-31(27)43(38)40(44)46/h6-21H,1-5H3. The molecule has 0 N–H and O–H groups in total. The Morgan fingerprint density at radius 3 is 1.35 bits per heavy atom. The van der Waals surface area contributed by atoms with Gasteiger partial charge in [0.2, 0.25) is 13.4 Å². The lowest BCUT2D eigenvalue weighted by molar-refractivity contribution is 0.915. The minimum absolute atomic E-state index is 0.00864. The first kappa shape index (κ1) is 26.0. The largest absolute Gasteiger partial charge is 0.340 e. The third-order valence-electron chi connectivity index (χ3n) is 11.0. The zero-order valence-corrected chi connectivity index (χ0v) is 26.6. The number of nitrogens with zero attached hydrogens (tertiary/aromatic N) is 3. The highest BCUT2D eigenvalue weighted by atomic mass is 16.1. The number of para-hydroxylation sites is 2. The number of benzene rings is 5. The van der Waals surface area contributed by atoms with Crippen LogP contribution in [-0.4, -0.2) is 26.8 Å². The van der Waals surface area contributed by atoms with Crippen molar-refractivity contribution < 1.29 is 0 Å². The van der Waals surface area contributed by atoms with E-state index >= 15 is 4.79 Å². The van der Waals surface area contributed by atoms with E-state index in [4.69, 9.17) is 0 Å². The highest BCUT2D eigenvalue weighted by molar-refractivity contribution is 7.03. The maximum atomic E-state index is 15.1. The van der Waals surface area contributed by atoms with E-state index in [9.17, 15) is 0 Å². The minimum atomic E-state index is -0.0175. The number of rotatable bonds is 2. The molecule has 2 aliphatic rings. The van der Waals surface area contributed by atoms with Crippen molar-refractivity contribution in [2.75, 3.05) is 0 Å². The summed E-state index contributed by atoms with van der Waals surface area (Å²) in [5.74, 6) is 0. The molecule has 0 saturated heterocycles. The Morgan fingerprint density at radius 1 is 0.500 bits per heavy atom. The van der Waals surface area contributed by atoms with Gasteiger partial charge in [0, 0.05) is 5.69 Å². The normalized spacial score (nSPS) is 13.3. The van der Waals surface area contributed by atoms with Gasteiger partial charge in [0.15, 0.2) is 0 Å². The quantitative estimate of drug-likeness (QED) is 0.281. The number of fused-ring (bicyclic) bond motifs is 6. The number of aromatic nitrogens is 3. The number of aryl methyl sites for hydroxylation is 5. The van der Waals surface area contributed by atoms with Crippen LogP contribution in [-0.2, 0) is 0 Å². The van der Waals surface area contributed by atoms with Crippen molar-refractivity contribution in [3.63, 3.8) is 0 Å². The van der Waals surface area contributed by atoms with Crippen molar-refractivity contribution in [3.8, 4) is 5.69 Å². The average Bonchev–Trinajstić information content (AvgIpc) is 3.57. The third kappa shape index (κ3) is 2.96. The second-order valence-electron chi connectivity index (χ2n) is 13.6. The van der Waals surface area contributed by atoms with Gasteiger partial charge in [-0.15, -0.1) is 0 Å². The van der Waals surface area contributed by atoms with Gasteiger partial charge in [-0.2, -0.15) is 0 Å². The fourth-order valence-electron chi connectivity index (χ4n) is 9.32. The van der Waals surface area contributed by atoms with E-state index in [1.54, 1.807) is 0 Å². The summed E-state index contributed by atoms with van der Waals surface area (Å²) in [7, 11) is 0. The van der Waals surface area contributed by atoms with Gasteiger partial charge in [0.25, 0.3) is 0 Å². The van der Waals surface area contributed by atoms with Crippen LogP contribution in [0.5, 0.6) is 0 Å². The summed E-state index contributed by atoms with van der Waals surface area (Å²) in [6, 6.07) is 35.1. The molecular weight excluding hydrogens is 560 g/mol. The van der Waals surface area contributed by atoms with Crippen LogP contribution in [0, 0.1) is 34.6 Å². The maximum Gasteiger partial charge on any atom is 0.340 e. The molecule has 0 unspecified atom stereocenters. The molecule has 5 aromatic carbocycles. The predicted octanol–water partition coefficient (Wildman–Crippen LogP) is 3.85. The molecular formula is C40H31B2N3O. The van der Waals surface area contributed by atoms with Crippen LogP contribution < -0.4 is 38.5 Å². The molecule has 46 heavy (non-hydrogen) atoms. The SMILES string of the molecule is Cc1cc2c3c(c1)B(c1c(C)cccc1C)c1c4ccccc4n4c(=O)n5c6ccccc6c(c5n-3c14)B2c1c(C)cccc1C. The molecule has 0 saturated carbocycles. The molecule has 3 aromatic heterocycles. The smallest absolute Gasteiger partial charge is 0.283 e. The van der Waals surface area contributed by atoms with Gasteiger partial charge in [-0.05, 0) is 79.4 Å². The van der Waals surface area contributed by atoms with Crippen molar-refractivity contribution in [1.82, 2.24) is 13.4 Å². The fourth-order valence-corrected chi connectivity index (χ4v) is 9.32. The number of hydrogen-bond acceptors (Lipinski definition) is 1. The van der Waals surface area contributed by atoms with Crippen molar-refractivity contribution in [2.24, 2.45) is 0 Å². The molecule has 8 aromatic rings. The molecule has 10 rings (SSSR count). The Hall–Kier alpha value is -5.22. The molecule has 6 heteroatoms. The lowest BCUT2D eigenvalue weighted by atomic mass is 9.30. The first-order chi connectivity index (χ1) is 22.4. The molecule has 2 aliphatic heterocycles. The lowest BCUT2D eigenvalue weighted by Crippen LogP contribution is -2.65. The van der Waals surface area contributed by atoms with Crippen LogP contribution in [0.2, 0.25) is 0 Å². The van der Waals surface area contributed by atoms with E-state index in [0.29, 0.717) is 0 Å². The zero-order chi connectivity index (χ0) is 31.2. The summed E-state index contributed by atoms with van der Waals surface area (Å²) in [4.78, 5) is 15.1. The van der Waals surface area contributed by atoms with Crippen LogP contribution in [0.15, 0.2) is 102 Å².